The highest BCUT2D eigenvalue weighted by atomic mass is 35.5. The van der Waals surface area contributed by atoms with Gasteiger partial charge in [0, 0.05) is 5.56 Å². The standard InChI is InChI=1S/C14H9ClFN3/c15-12-6-5-11(7-13(12)16)9-1-3-10(4-2-9)14-17-8-18-19-14/h1-8H,(H,17,18,19). The second kappa shape index (κ2) is 4.82. The van der Waals surface area contributed by atoms with Gasteiger partial charge in [0.05, 0.1) is 5.02 Å². The predicted molar refractivity (Wildman–Crippen MR) is 72.2 cm³/mol. The van der Waals surface area contributed by atoms with Gasteiger partial charge in [-0.1, -0.05) is 41.9 Å². The van der Waals surface area contributed by atoms with Gasteiger partial charge in [-0.25, -0.2) is 9.37 Å². The van der Waals surface area contributed by atoms with E-state index in [0.29, 0.717) is 5.82 Å². The summed E-state index contributed by atoms with van der Waals surface area (Å²) < 4.78 is 13.4. The highest BCUT2D eigenvalue weighted by Gasteiger charge is 2.05. The number of H-pyrrole nitrogens is 1. The molecule has 0 saturated carbocycles. The highest BCUT2D eigenvalue weighted by Crippen LogP contribution is 2.26. The van der Waals surface area contributed by atoms with E-state index in [9.17, 15) is 4.39 Å². The number of benzene rings is 2. The van der Waals surface area contributed by atoms with Gasteiger partial charge in [0.15, 0.2) is 5.82 Å². The first-order chi connectivity index (χ1) is 9.24. The van der Waals surface area contributed by atoms with E-state index in [1.54, 1.807) is 12.1 Å². The monoisotopic (exact) mass is 273 g/mol. The maximum Gasteiger partial charge on any atom is 0.155 e. The molecule has 0 aliphatic carbocycles. The second-order valence-electron chi connectivity index (χ2n) is 4.04. The third-order valence-corrected chi connectivity index (χ3v) is 3.13. The molecule has 0 aliphatic heterocycles. The number of hydrogen-bond acceptors (Lipinski definition) is 2. The molecule has 1 N–H and O–H groups in total. The SMILES string of the molecule is Fc1cc(-c2ccc(-c3ncn[nH]3)cc2)ccc1Cl. The maximum absolute atomic E-state index is 13.4. The summed E-state index contributed by atoms with van der Waals surface area (Å²) in [5.74, 6) is 0.285. The van der Waals surface area contributed by atoms with Gasteiger partial charge in [-0.05, 0) is 23.3 Å². The van der Waals surface area contributed by atoms with Crippen LogP contribution in [0, 0.1) is 5.82 Å². The number of nitrogens with zero attached hydrogens (tertiary/aromatic N) is 2. The van der Waals surface area contributed by atoms with Gasteiger partial charge < -0.3 is 0 Å². The molecule has 3 rings (SSSR count). The van der Waals surface area contributed by atoms with Crippen LogP contribution in [0.5, 0.6) is 0 Å². The Hall–Kier alpha value is -2.20. The molecule has 0 unspecified atom stereocenters. The van der Waals surface area contributed by atoms with E-state index in [1.807, 2.05) is 24.3 Å². The molecule has 0 atom stereocenters. The molecular weight excluding hydrogens is 265 g/mol. The Morgan fingerprint density at radius 1 is 0.947 bits per heavy atom. The number of nitrogens with one attached hydrogen (secondary N) is 1. The Morgan fingerprint density at radius 2 is 1.63 bits per heavy atom. The van der Waals surface area contributed by atoms with Crippen LogP contribution < -0.4 is 0 Å². The van der Waals surface area contributed by atoms with Crippen LogP contribution in [-0.2, 0) is 0 Å². The van der Waals surface area contributed by atoms with E-state index in [4.69, 9.17) is 11.6 Å². The third kappa shape index (κ3) is 2.35. The molecule has 0 spiro atoms. The van der Waals surface area contributed by atoms with Crippen LogP contribution in [0.1, 0.15) is 0 Å². The maximum atomic E-state index is 13.4. The zero-order chi connectivity index (χ0) is 13.2. The molecular formula is C14H9ClFN3. The van der Waals surface area contributed by atoms with E-state index >= 15 is 0 Å². The Kier molecular flexibility index (Phi) is 3.01. The van der Waals surface area contributed by atoms with Crippen molar-refractivity contribution in [3.8, 4) is 22.5 Å². The lowest BCUT2D eigenvalue weighted by Crippen LogP contribution is -1.84. The fourth-order valence-electron chi connectivity index (χ4n) is 1.84. The summed E-state index contributed by atoms with van der Waals surface area (Å²) in [7, 11) is 0. The van der Waals surface area contributed by atoms with E-state index in [1.165, 1.54) is 12.4 Å². The lowest BCUT2D eigenvalue weighted by atomic mass is 10.0. The molecule has 3 nitrogen and oxygen atoms in total. The van der Waals surface area contributed by atoms with E-state index in [0.717, 1.165) is 16.7 Å². The van der Waals surface area contributed by atoms with Crippen molar-refractivity contribution in [2.24, 2.45) is 0 Å². The van der Waals surface area contributed by atoms with Crippen LogP contribution in [0.25, 0.3) is 22.5 Å². The van der Waals surface area contributed by atoms with Crippen LogP contribution in [0.3, 0.4) is 0 Å². The van der Waals surface area contributed by atoms with Crippen molar-refractivity contribution >= 4 is 11.6 Å². The van der Waals surface area contributed by atoms with Gasteiger partial charge in [-0.15, -0.1) is 0 Å². The summed E-state index contributed by atoms with van der Waals surface area (Å²) >= 11 is 5.67. The first-order valence-corrected chi connectivity index (χ1v) is 6.03. The lowest BCUT2D eigenvalue weighted by molar-refractivity contribution is 0.629. The minimum Gasteiger partial charge on any atom is -0.259 e. The molecule has 0 fully saturated rings. The quantitative estimate of drug-likeness (QED) is 0.768. The van der Waals surface area contributed by atoms with Gasteiger partial charge in [0.1, 0.15) is 12.1 Å². The first-order valence-electron chi connectivity index (χ1n) is 5.65. The molecule has 1 aromatic heterocycles. The molecule has 3 aromatic rings. The van der Waals surface area contributed by atoms with Crippen LogP contribution in [-0.4, -0.2) is 15.2 Å². The average Bonchev–Trinajstić information content (AvgIpc) is 2.96. The molecule has 0 radical (unpaired) electrons. The molecule has 2 aromatic carbocycles. The topological polar surface area (TPSA) is 41.6 Å². The fraction of sp³-hybridized carbons (Fsp3) is 0. The van der Waals surface area contributed by atoms with E-state index < -0.39 is 5.82 Å². The first kappa shape index (κ1) is 11.9. The molecule has 0 amide bonds. The molecule has 94 valence electrons. The van der Waals surface area contributed by atoms with Crippen LogP contribution in [0.2, 0.25) is 5.02 Å². The smallest absolute Gasteiger partial charge is 0.155 e. The highest BCUT2D eigenvalue weighted by molar-refractivity contribution is 6.30. The largest absolute Gasteiger partial charge is 0.259 e. The summed E-state index contributed by atoms with van der Waals surface area (Å²) in [6.45, 7) is 0. The van der Waals surface area contributed by atoms with Crippen LogP contribution in [0.4, 0.5) is 4.39 Å². The van der Waals surface area contributed by atoms with Crippen molar-refractivity contribution in [1.29, 1.82) is 0 Å². The fourth-order valence-corrected chi connectivity index (χ4v) is 1.96. The minimum absolute atomic E-state index is 0.127. The van der Waals surface area contributed by atoms with Crippen LogP contribution in [0.15, 0.2) is 48.8 Å². The van der Waals surface area contributed by atoms with Gasteiger partial charge >= 0.3 is 0 Å². The molecule has 0 bridgehead atoms. The number of rotatable bonds is 2. The van der Waals surface area contributed by atoms with E-state index in [-0.39, 0.29) is 5.02 Å². The number of aromatic amines is 1. The van der Waals surface area contributed by atoms with Gasteiger partial charge in [-0.2, -0.15) is 5.10 Å². The number of halogens is 2. The van der Waals surface area contributed by atoms with Gasteiger partial charge in [-0.3, -0.25) is 5.10 Å². The minimum atomic E-state index is -0.418. The summed E-state index contributed by atoms with van der Waals surface area (Å²) in [6, 6.07) is 12.4. The Morgan fingerprint density at radius 3 is 2.26 bits per heavy atom. The van der Waals surface area contributed by atoms with Crippen molar-refractivity contribution in [3.63, 3.8) is 0 Å². The molecule has 0 saturated heterocycles. The average molecular weight is 274 g/mol. The van der Waals surface area contributed by atoms with E-state index in [2.05, 4.69) is 15.2 Å². The number of hydrogen-bond donors (Lipinski definition) is 1. The number of aromatic nitrogens is 3. The Bertz CT molecular complexity index is 693. The summed E-state index contributed by atoms with van der Waals surface area (Å²) in [4.78, 5) is 4.07. The third-order valence-electron chi connectivity index (χ3n) is 2.83. The molecule has 19 heavy (non-hydrogen) atoms. The lowest BCUT2D eigenvalue weighted by Gasteiger charge is -2.04. The summed E-state index contributed by atoms with van der Waals surface area (Å²) in [5.41, 5.74) is 2.63. The molecule has 0 aliphatic rings. The van der Waals surface area contributed by atoms with Crippen molar-refractivity contribution < 1.29 is 4.39 Å². The summed E-state index contributed by atoms with van der Waals surface area (Å²) in [5, 5.41) is 6.72. The Balaban J connectivity index is 1.96. The zero-order valence-corrected chi connectivity index (χ0v) is 10.5. The zero-order valence-electron chi connectivity index (χ0n) is 9.77. The van der Waals surface area contributed by atoms with Gasteiger partial charge in [0.25, 0.3) is 0 Å². The van der Waals surface area contributed by atoms with Crippen molar-refractivity contribution in [3.05, 3.63) is 59.6 Å². The second-order valence-corrected chi connectivity index (χ2v) is 4.45. The molecule has 5 heteroatoms. The molecule has 1 heterocycles. The normalized spacial score (nSPS) is 10.6. The summed E-state index contributed by atoms with van der Waals surface area (Å²) in [6.07, 6.45) is 1.46. The van der Waals surface area contributed by atoms with Crippen molar-refractivity contribution in [2.45, 2.75) is 0 Å². The van der Waals surface area contributed by atoms with Crippen molar-refractivity contribution in [1.82, 2.24) is 15.2 Å². The van der Waals surface area contributed by atoms with Crippen molar-refractivity contribution in [2.75, 3.05) is 0 Å². The Labute approximate surface area is 114 Å². The van der Waals surface area contributed by atoms with Gasteiger partial charge in [0.2, 0.25) is 0 Å². The van der Waals surface area contributed by atoms with Crippen LogP contribution >= 0.6 is 11.6 Å². The predicted octanol–water partition coefficient (Wildman–Crippen LogP) is 3.93.